The molecule has 0 aliphatic rings. The Kier molecular flexibility index (Phi) is 6.60. The lowest BCUT2D eigenvalue weighted by atomic mass is 10.1. The van der Waals surface area contributed by atoms with Crippen molar-refractivity contribution in [2.75, 3.05) is 23.4 Å². The summed E-state index contributed by atoms with van der Waals surface area (Å²) in [7, 11) is 0. The number of nitrogens with zero attached hydrogens (tertiary/aromatic N) is 4. The van der Waals surface area contributed by atoms with E-state index in [0.717, 1.165) is 24.2 Å². The Labute approximate surface area is 175 Å². The highest BCUT2D eigenvalue weighted by Crippen LogP contribution is 2.20. The summed E-state index contributed by atoms with van der Waals surface area (Å²) in [4.78, 5) is 21.5. The van der Waals surface area contributed by atoms with Crippen molar-refractivity contribution in [3.8, 4) is 17.3 Å². The third kappa shape index (κ3) is 4.55. The molecule has 0 radical (unpaired) electrons. The molecule has 152 valence electrons. The Morgan fingerprint density at radius 1 is 1.20 bits per heavy atom. The topological polar surface area (TPSA) is 97.2 Å². The highest BCUT2D eigenvalue weighted by molar-refractivity contribution is 5.83. The van der Waals surface area contributed by atoms with Crippen molar-refractivity contribution in [3.63, 3.8) is 0 Å². The molecule has 1 heterocycles. The summed E-state index contributed by atoms with van der Waals surface area (Å²) in [6.45, 7) is 8.20. The van der Waals surface area contributed by atoms with Gasteiger partial charge in [0.1, 0.15) is 11.6 Å². The van der Waals surface area contributed by atoms with Crippen molar-refractivity contribution in [1.82, 2.24) is 9.97 Å². The van der Waals surface area contributed by atoms with Crippen LogP contribution in [-0.2, 0) is 0 Å². The second kappa shape index (κ2) is 9.52. The molecule has 3 aromatic rings. The van der Waals surface area contributed by atoms with E-state index in [0.29, 0.717) is 11.3 Å². The number of nitriles is 1. The van der Waals surface area contributed by atoms with Gasteiger partial charge in [-0.1, -0.05) is 36.4 Å². The van der Waals surface area contributed by atoms with Gasteiger partial charge < -0.3 is 4.90 Å². The molecular weight excluding hydrogens is 376 g/mol. The van der Waals surface area contributed by atoms with Gasteiger partial charge >= 0.3 is 0 Å². The molecule has 0 saturated heterocycles. The molecule has 0 atom stereocenters. The quantitative estimate of drug-likeness (QED) is 0.463. The number of anilines is 2. The van der Waals surface area contributed by atoms with Crippen LogP contribution in [0.1, 0.15) is 30.5 Å². The minimum Gasteiger partial charge on any atom is -0.372 e. The molecule has 0 saturated carbocycles. The molecule has 0 fully saturated rings. The molecule has 0 bridgehead atoms. The molecule has 1 aromatic heterocycles. The maximum absolute atomic E-state index is 12.3. The minimum absolute atomic E-state index is 0.0291. The van der Waals surface area contributed by atoms with E-state index in [9.17, 15) is 10.1 Å². The van der Waals surface area contributed by atoms with Crippen LogP contribution in [0.15, 0.2) is 58.4 Å². The fourth-order valence-corrected chi connectivity index (χ4v) is 3.19. The molecule has 7 heteroatoms. The SMILES string of the molecule is CCN(CC)c1ccc(C=NNc2nc(-c3ccccc3)c(C#N)c(=O)[nH]2)c(C)c1. The fraction of sp³-hybridized carbons (Fsp3) is 0.217. The van der Waals surface area contributed by atoms with E-state index in [1.807, 2.05) is 37.3 Å². The number of nitrogens with one attached hydrogen (secondary N) is 2. The van der Waals surface area contributed by atoms with Crippen LogP contribution in [0.2, 0.25) is 0 Å². The van der Waals surface area contributed by atoms with E-state index in [1.54, 1.807) is 18.3 Å². The Morgan fingerprint density at radius 3 is 2.57 bits per heavy atom. The number of H-pyrrole nitrogens is 1. The van der Waals surface area contributed by atoms with Gasteiger partial charge in [0, 0.05) is 24.3 Å². The monoisotopic (exact) mass is 400 g/mol. The van der Waals surface area contributed by atoms with E-state index in [4.69, 9.17) is 0 Å². The maximum atomic E-state index is 12.3. The van der Waals surface area contributed by atoms with Crippen LogP contribution in [0.4, 0.5) is 11.6 Å². The lowest BCUT2D eigenvalue weighted by molar-refractivity contribution is 0.865. The molecule has 7 nitrogen and oxygen atoms in total. The Morgan fingerprint density at radius 2 is 1.93 bits per heavy atom. The number of rotatable bonds is 7. The summed E-state index contributed by atoms with van der Waals surface area (Å²) in [5, 5.41) is 13.6. The fourth-order valence-electron chi connectivity index (χ4n) is 3.19. The molecule has 2 aromatic carbocycles. The Hall–Kier alpha value is -3.92. The highest BCUT2D eigenvalue weighted by Gasteiger charge is 2.12. The number of aromatic nitrogens is 2. The van der Waals surface area contributed by atoms with Crippen LogP contribution in [-0.4, -0.2) is 29.3 Å². The highest BCUT2D eigenvalue weighted by atomic mass is 16.1. The summed E-state index contributed by atoms with van der Waals surface area (Å²) in [6, 6.07) is 17.3. The zero-order valence-corrected chi connectivity index (χ0v) is 17.3. The van der Waals surface area contributed by atoms with Crippen LogP contribution in [0.5, 0.6) is 0 Å². The van der Waals surface area contributed by atoms with Crippen LogP contribution in [0.25, 0.3) is 11.3 Å². The van der Waals surface area contributed by atoms with Gasteiger partial charge in [-0.15, -0.1) is 0 Å². The lowest BCUT2D eigenvalue weighted by Gasteiger charge is -2.21. The summed E-state index contributed by atoms with van der Waals surface area (Å²) in [6.07, 6.45) is 1.68. The summed E-state index contributed by atoms with van der Waals surface area (Å²) >= 11 is 0. The average molecular weight is 400 g/mol. The molecular formula is C23H24N6O. The third-order valence-electron chi connectivity index (χ3n) is 4.83. The molecule has 30 heavy (non-hydrogen) atoms. The van der Waals surface area contributed by atoms with E-state index < -0.39 is 5.56 Å². The van der Waals surface area contributed by atoms with Crippen molar-refractivity contribution in [2.24, 2.45) is 5.10 Å². The van der Waals surface area contributed by atoms with E-state index in [-0.39, 0.29) is 11.5 Å². The first-order valence-corrected chi connectivity index (χ1v) is 9.81. The maximum Gasteiger partial charge on any atom is 0.270 e. The molecule has 3 rings (SSSR count). The molecule has 2 N–H and O–H groups in total. The molecule has 0 spiro atoms. The number of hydrazone groups is 1. The summed E-state index contributed by atoms with van der Waals surface area (Å²) < 4.78 is 0. The van der Waals surface area contributed by atoms with Crippen LogP contribution in [0.3, 0.4) is 0 Å². The predicted octanol–water partition coefficient (Wildman–Crippen LogP) is 3.91. The largest absolute Gasteiger partial charge is 0.372 e. The molecule has 0 aliphatic heterocycles. The molecule has 0 unspecified atom stereocenters. The van der Waals surface area contributed by atoms with Gasteiger partial charge in [-0.25, -0.2) is 10.4 Å². The first kappa shape index (κ1) is 20.8. The number of benzene rings is 2. The zero-order valence-electron chi connectivity index (χ0n) is 17.3. The number of hydrogen-bond acceptors (Lipinski definition) is 6. The first-order chi connectivity index (χ1) is 14.6. The second-order valence-corrected chi connectivity index (χ2v) is 6.70. The van der Waals surface area contributed by atoms with E-state index in [2.05, 4.69) is 51.4 Å². The summed E-state index contributed by atoms with van der Waals surface area (Å²) in [5.41, 5.74) is 6.46. The van der Waals surface area contributed by atoms with Crippen molar-refractivity contribution < 1.29 is 0 Å². The average Bonchev–Trinajstić information content (AvgIpc) is 2.76. The number of aryl methyl sites for hydroxylation is 1. The Balaban J connectivity index is 1.84. The van der Waals surface area contributed by atoms with Gasteiger partial charge in [-0.3, -0.25) is 9.78 Å². The van der Waals surface area contributed by atoms with Gasteiger partial charge in [0.25, 0.3) is 5.56 Å². The predicted molar refractivity (Wildman–Crippen MR) is 121 cm³/mol. The van der Waals surface area contributed by atoms with Crippen molar-refractivity contribution in [3.05, 3.63) is 75.6 Å². The lowest BCUT2D eigenvalue weighted by Crippen LogP contribution is -2.21. The molecule has 0 amide bonds. The van der Waals surface area contributed by atoms with Crippen LogP contribution < -0.4 is 15.9 Å². The smallest absolute Gasteiger partial charge is 0.270 e. The Bertz CT molecular complexity index is 1140. The van der Waals surface area contributed by atoms with Crippen LogP contribution in [0, 0.1) is 18.3 Å². The normalized spacial score (nSPS) is 10.7. The standard InChI is InChI=1S/C23H24N6O/c1-4-29(5-2)19-12-11-18(16(3)13-19)15-25-28-23-26-21(17-9-7-6-8-10-17)20(14-24)22(30)27-23/h6-13,15H,4-5H2,1-3H3,(H2,26,27,28,30). The van der Waals surface area contributed by atoms with Gasteiger partial charge in [-0.2, -0.15) is 10.4 Å². The summed E-state index contributed by atoms with van der Waals surface area (Å²) in [5.74, 6) is 0.173. The van der Waals surface area contributed by atoms with E-state index >= 15 is 0 Å². The van der Waals surface area contributed by atoms with Crippen molar-refractivity contribution in [1.29, 1.82) is 5.26 Å². The van der Waals surface area contributed by atoms with Gasteiger partial charge in [0.15, 0.2) is 0 Å². The zero-order chi connectivity index (χ0) is 21.5. The first-order valence-electron chi connectivity index (χ1n) is 9.81. The van der Waals surface area contributed by atoms with Crippen molar-refractivity contribution >= 4 is 17.9 Å². The van der Waals surface area contributed by atoms with Gasteiger partial charge in [0.05, 0.1) is 11.9 Å². The number of hydrogen-bond donors (Lipinski definition) is 2. The number of aromatic amines is 1. The minimum atomic E-state index is -0.510. The second-order valence-electron chi connectivity index (χ2n) is 6.70. The van der Waals surface area contributed by atoms with Crippen molar-refractivity contribution in [2.45, 2.75) is 20.8 Å². The van der Waals surface area contributed by atoms with Gasteiger partial charge in [0.2, 0.25) is 5.95 Å². The third-order valence-corrected chi connectivity index (χ3v) is 4.83. The molecule has 0 aliphatic carbocycles. The van der Waals surface area contributed by atoms with Crippen LogP contribution >= 0.6 is 0 Å². The van der Waals surface area contributed by atoms with E-state index in [1.165, 1.54) is 5.69 Å². The van der Waals surface area contributed by atoms with Gasteiger partial charge in [-0.05, 0) is 44.0 Å².